The lowest BCUT2D eigenvalue weighted by molar-refractivity contribution is -0.129. The maximum atomic E-state index is 11.6. The molecule has 2 amide bonds. The van der Waals surface area contributed by atoms with Gasteiger partial charge < -0.3 is 20.1 Å². The zero-order chi connectivity index (χ0) is 26.0. The minimum atomic E-state index is -0.405. The number of unbranched alkanes of at least 4 members (excludes halogenated alkanes) is 1. The summed E-state index contributed by atoms with van der Waals surface area (Å²) in [7, 11) is 0. The molecule has 0 spiro atoms. The average Bonchev–Trinajstić information content (AvgIpc) is 3.38. The first-order chi connectivity index (χ1) is 18.0. The molecule has 11 heteroatoms. The molecule has 2 aromatic carbocycles. The van der Waals surface area contributed by atoms with Crippen LogP contribution in [-0.2, 0) is 9.59 Å². The van der Waals surface area contributed by atoms with E-state index in [0.29, 0.717) is 48.5 Å². The van der Waals surface area contributed by atoms with Crippen molar-refractivity contribution in [3.63, 3.8) is 0 Å². The summed E-state index contributed by atoms with van der Waals surface area (Å²) in [4.78, 5) is 31.8. The van der Waals surface area contributed by atoms with Crippen LogP contribution in [0, 0.1) is 0 Å². The predicted molar refractivity (Wildman–Crippen MR) is 142 cm³/mol. The molecule has 2 heterocycles. The highest BCUT2D eigenvalue weighted by atomic mass is 32.1. The molecule has 0 aliphatic carbocycles. The van der Waals surface area contributed by atoms with Gasteiger partial charge in [0.1, 0.15) is 16.2 Å². The molecule has 4 N–H and O–H groups in total. The van der Waals surface area contributed by atoms with Crippen molar-refractivity contribution < 1.29 is 24.3 Å². The van der Waals surface area contributed by atoms with Gasteiger partial charge in [-0.25, -0.2) is 10.5 Å². The number of amides is 2. The van der Waals surface area contributed by atoms with Crippen molar-refractivity contribution in [2.24, 2.45) is 0 Å². The highest BCUT2D eigenvalue weighted by molar-refractivity contribution is 7.17. The molecule has 0 fully saturated rings. The van der Waals surface area contributed by atoms with Gasteiger partial charge >= 0.3 is 0 Å². The van der Waals surface area contributed by atoms with Crippen molar-refractivity contribution in [2.75, 3.05) is 17.2 Å². The molecule has 0 saturated heterocycles. The van der Waals surface area contributed by atoms with Gasteiger partial charge in [-0.1, -0.05) is 12.6 Å². The van der Waals surface area contributed by atoms with Gasteiger partial charge in [-0.3, -0.25) is 14.8 Å². The lowest BCUT2D eigenvalue weighted by Gasteiger charge is -2.11. The number of carbonyl (C=O) groups excluding carboxylic acids is 2. The van der Waals surface area contributed by atoms with Gasteiger partial charge in [-0.05, 0) is 66.8 Å². The summed E-state index contributed by atoms with van der Waals surface area (Å²) in [6.07, 6.45) is 2.76. The SMILES string of the molecule is C=CC(=O)Nc1cccc(Oc2nc(Nc3ccc(OCCCCC(=O)NO)cc3)nc3ccsc23)c1. The van der Waals surface area contributed by atoms with E-state index >= 15 is 0 Å². The Hall–Kier alpha value is -4.48. The first-order valence-corrected chi connectivity index (χ1v) is 12.3. The predicted octanol–water partition coefficient (Wildman–Crippen LogP) is 5.41. The number of nitrogens with zero attached hydrogens (tertiary/aromatic N) is 2. The van der Waals surface area contributed by atoms with Gasteiger partial charge in [0.2, 0.25) is 23.6 Å². The van der Waals surface area contributed by atoms with E-state index in [1.54, 1.807) is 29.7 Å². The number of hydrogen-bond acceptors (Lipinski definition) is 9. The van der Waals surface area contributed by atoms with Crippen molar-refractivity contribution >= 4 is 50.7 Å². The number of hydrogen-bond donors (Lipinski definition) is 4. The normalized spacial score (nSPS) is 10.5. The Bertz CT molecular complexity index is 1390. The molecule has 2 aromatic heterocycles. The largest absolute Gasteiger partial charge is 0.494 e. The second-order valence-corrected chi connectivity index (χ2v) is 8.72. The average molecular weight is 520 g/mol. The second-order valence-electron chi connectivity index (χ2n) is 7.80. The number of thiophene rings is 1. The van der Waals surface area contributed by atoms with E-state index in [2.05, 4.69) is 27.2 Å². The number of nitrogens with one attached hydrogen (secondary N) is 3. The zero-order valence-corrected chi connectivity index (χ0v) is 20.6. The molecular weight excluding hydrogens is 494 g/mol. The Labute approximate surface area is 216 Å². The number of aromatic nitrogens is 2. The fraction of sp³-hybridized carbons (Fsp3) is 0.154. The van der Waals surface area contributed by atoms with Crippen molar-refractivity contribution in [1.29, 1.82) is 0 Å². The molecule has 4 aromatic rings. The molecule has 0 unspecified atom stereocenters. The third-order valence-electron chi connectivity index (χ3n) is 5.08. The Balaban J connectivity index is 1.41. The van der Waals surface area contributed by atoms with Crippen molar-refractivity contribution in [3.8, 4) is 17.4 Å². The van der Waals surface area contributed by atoms with Gasteiger partial charge in [-0.15, -0.1) is 11.3 Å². The minimum absolute atomic E-state index is 0.250. The fourth-order valence-corrected chi connectivity index (χ4v) is 4.06. The smallest absolute Gasteiger partial charge is 0.247 e. The summed E-state index contributed by atoms with van der Waals surface area (Å²) in [5.74, 6) is 1.25. The van der Waals surface area contributed by atoms with Crippen LogP contribution in [0.25, 0.3) is 10.2 Å². The van der Waals surface area contributed by atoms with Crippen molar-refractivity contribution in [2.45, 2.75) is 19.3 Å². The topological polar surface area (TPSA) is 135 Å². The molecule has 0 atom stereocenters. The van der Waals surface area contributed by atoms with Crippen LogP contribution in [0.3, 0.4) is 0 Å². The highest BCUT2D eigenvalue weighted by Gasteiger charge is 2.12. The van der Waals surface area contributed by atoms with Crippen molar-refractivity contribution in [3.05, 3.63) is 72.6 Å². The summed E-state index contributed by atoms with van der Waals surface area (Å²) >= 11 is 1.47. The van der Waals surface area contributed by atoms with E-state index in [1.165, 1.54) is 17.4 Å². The maximum Gasteiger partial charge on any atom is 0.247 e. The lowest BCUT2D eigenvalue weighted by atomic mass is 10.2. The number of anilines is 3. The van der Waals surface area contributed by atoms with Crippen LogP contribution >= 0.6 is 11.3 Å². The summed E-state index contributed by atoms with van der Waals surface area (Å²) in [5.41, 5.74) is 3.70. The molecule has 0 bridgehead atoms. The summed E-state index contributed by atoms with van der Waals surface area (Å²) in [6, 6.07) is 16.2. The number of benzene rings is 2. The molecule has 0 saturated carbocycles. The van der Waals surface area contributed by atoms with Crippen LogP contribution in [0.2, 0.25) is 0 Å². The van der Waals surface area contributed by atoms with Crippen LogP contribution in [0.4, 0.5) is 17.3 Å². The molecule has 190 valence electrons. The minimum Gasteiger partial charge on any atom is -0.494 e. The fourth-order valence-electron chi connectivity index (χ4n) is 3.30. The van der Waals surface area contributed by atoms with Crippen LogP contribution in [0.1, 0.15) is 19.3 Å². The Morgan fingerprint density at radius 2 is 1.86 bits per heavy atom. The van der Waals surface area contributed by atoms with Crippen LogP contribution in [-0.4, -0.2) is 33.6 Å². The second kappa shape index (κ2) is 12.5. The van der Waals surface area contributed by atoms with E-state index in [0.717, 1.165) is 15.9 Å². The van der Waals surface area contributed by atoms with Crippen molar-refractivity contribution in [1.82, 2.24) is 15.4 Å². The van der Waals surface area contributed by atoms with Gasteiger partial charge in [0, 0.05) is 23.9 Å². The lowest BCUT2D eigenvalue weighted by Crippen LogP contribution is -2.18. The quantitative estimate of drug-likeness (QED) is 0.0845. The molecule has 10 nitrogen and oxygen atoms in total. The Morgan fingerprint density at radius 3 is 2.65 bits per heavy atom. The van der Waals surface area contributed by atoms with Gasteiger partial charge in [0.05, 0.1) is 12.1 Å². The summed E-state index contributed by atoms with van der Waals surface area (Å²) in [6.45, 7) is 3.92. The molecule has 0 aliphatic rings. The van der Waals surface area contributed by atoms with Crippen LogP contribution < -0.4 is 25.6 Å². The van der Waals surface area contributed by atoms with E-state index in [9.17, 15) is 9.59 Å². The number of hydroxylamine groups is 1. The monoisotopic (exact) mass is 519 g/mol. The standard InChI is InChI=1S/C26H25N5O5S/c1-2-22(32)27-18-6-5-7-20(16-18)36-25-24-21(13-15-37-24)29-26(30-25)28-17-9-11-19(12-10-17)35-14-4-3-8-23(33)31-34/h2,5-7,9-13,15-16,34H,1,3-4,8,14H2,(H,27,32)(H,31,33)(H,28,29,30). The number of carbonyl (C=O) groups is 2. The molecule has 0 radical (unpaired) electrons. The Kier molecular flexibility index (Phi) is 8.63. The van der Waals surface area contributed by atoms with Crippen LogP contribution in [0.15, 0.2) is 72.6 Å². The summed E-state index contributed by atoms with van der Waals surface area (Å²) < 4.78 is 12.6. The van der Waals surface area contributed by atoms with Gasteiger partial charge in [0.15, 0.2) is 0 Å². The third-order valence-corrected chi connectivity index (χ3v) is 5.97. The number of ether oxygens (including phenoxy) is 2. The first kappa shape index (κ1) is 25.6. The van der Waals surface area contributed by atoms with Gasteiger partial charge in [-0.2, -0.15) is 4.98 Å². The molecule has 4 rings (SSSR count). The molecule has 0 aliphatic heterocycles. The zero-order valence-electron chi connectivity index (χ0n) is 19.8. The van der Waals surface area contributed by atoms with E-state index < -0.39 is 5.91 Å². The van der Waals surface area contributed by atoms with Crippen LogP contribution in [0.5, 0.6) is 17.4 Å². The molecular formula is C26H25N5O5S. The molecule has 37 heavy (non-hydrogen) atoms. The third kappa shape index (κ3) is 7.26. The summed E-state index contributed by atoms with van der Waals surface area (Å²) in [5, 5.41) is 16.3. The highest BCUT2D eigenvalue weighted by Crippen LogP contribution is 2.33. The van der Waals surface area contributed by atoms with Gasteiger partial charge in [0.25, 0.3) is 0 Å². The van der Waals surface area contributed by atoms with E-state index in [-0.39, 0.29) is 12.3 Å². The number of fused-ring (bicyclic) bond motifs is 1. The van der Waals surface area contributed by atoms with E-state index in [1.807, 2.05) is 35.7 Å². The first-order valence-electron chi connectivity index (χ1n) is 11.4. The maximum absolute atomic E-state index is 11.6. The number of rotatable bonds is 12. The van der Waals surface area contributed by atoms with E-state index in [4.69, 9.17) is 14.7 Å². The Morgan fingerprint density at radius 1 is 1.03 bits per heavy atom.